The second kappa shape index (κ2) is 8.50. The van der Waals surface area contributed by atoms with Crippen LogP contribution in [0.25, 0.3) is 0 Å². The number of nitrogens with one attached hydrogen (secondary N) is 1. The van der Waals surface area contributed by atoms with Crippen LogP contribution in [0.3, 0.4) is 0 Å². The lowest BCUT2D eigenvalue weighted by Crippen LogP contribution is -2.30. The molecule has 3 rings (SSSR count). The molecule has 1 N–H and O–H groups in total. The quantitative estimate of drug-likeness (QED) is 0.732. The molecule has 0 saturated heterocycles. The van der Waals surface area contributed by atoms with Crippen molar-refractivity contribution in [2.75, 3.05) is 6.54 Å². The first-order valence-corrected chi connectivity index (χ1v) is 8.89. The highest BCUT2D eigenvalue weighted by molar-refractivity contribution is 7.07. The molecule has 0 radical (unpaired) electrons. The maximum Gasteiger partial charge on any atom is 0.267 e. The molecule has 0 unspecified atom stereocenters. The highest BCUT2D eigenvalue weighted by Gasteiger charge is 2.09. The smallest absolute Gasteiger partial charge is 0.267 e. The number of nitrogens with zero attached hydrogens (tertiary/aromatic N) is 2. The Kier molecular flexibility index (Phi) is 5.87. The molecule has 0 spiro atoms. The first-order chi connectivity index (χ1) is 13.0. The van der Waals surface area contributed by atoms with Gasteiger partial charge in [-0.2, -0.15) is 4.99 Å². The van der Waals surface area contributed by atoms with Gasteiger partial charge in [-0.25, -0.2) is 8.78 Å². The van der Waals surface area contributed by atoms with Gasteiger partial charge in [0.25, 0.3) is 11.8 Å². The first-order valence-electron chi connectivity index (χ1n) is 8.01. The van der Waals surface area contributed by atoms with E-state index in [1.165, 1.54) is 41.7 Å². The Morgan fingerprint density at radius 1 is 1.07 bits per heavy atom. The van der Waals surface area contributed by atoms with Crippen molar-refractivity contribution in [1.29, 1.82) is 0 Å². The Labute approximate surface area is 157 Å². The summed E-state index contributed by atoms with van der Waals surface area (Å²) >= 11 is 1.23. The molecule has 2 amide bonds. The number of rotatable bonds is 5. The van der Waals surface area contributed by atoms with Crippen LogP contribution in [0.4, 0.5) is 8.78 Å². The molecule has 0 fully saturated rings. The number of thiazole rings is 1. The van der Waals surface area contributed by atoms with Crippen LogP contribution < -0.4 is 10.1 Å². The van der Waals surface area contributed by atoms with Gasteiger partial charge in [0.05, 0.1) is 13.1 Å². The predicted octanol–water partition coefficient (Wildman–Crippen LogP) is 2.73. The van der Waals surface area contributed by atoms with Crippen LogP contribution in [0.1, 0.15) is 15.9 Å². The van der Waals surface area contributed by atoms with Crippen LogP contribution >= 0.6 is 11.3 Å². The van der Waals surface area contributed by atoms with Gasteiger partial charge in [0.15, 0.2) is 4.80 Å². The molecule has 0 bridgehead atoms. The van der Waals surface area contributed by atoms with E-state index in [-0.39, 0.29) is 24.5 Å². The molecular weight excluding hydrogens is 372 g/mol. The maximum absolute atomic E-state index is 13.8. The highest BCUT2D eigenvalue weighted by atomic mass is 32.1. The number of carbonyl (C=O) groups excluding carboxylic acids is 2. The first kappa shape index (κ1) is 18.7. The third-order valence-electron chi connectivity index (χ3n) is 3.69. The maximum atomic E-state index is 13.8. The molecule has 5 nitrogen and oxygen atoms in total. The van der Waals surface area contributed by atoms with E-state index in [1.54, 1.807) is 34.3 Å². The van der Waals surface area contributed by atoms with Crippen LogP contribution in [0.15, 0.2) is 65.1 Å². The number of amides is 2. The SMILES string of the molecule is O=C(CNC(=O)c1ccc(F)cc1)N=c1sccn1Cc1ccccc1F. The average molecular weight is 387 g/mol. The van der Waals surface area contributed by atoms with Crippen molar-refractivity contribution < 1.29 is 18.4 Å². The highest BCUT2D eigenvalue weighted by Crippen LogP contribution is 2.08. The van der Waals surface area contributed by atoms with Crippen molar-refractivity contribution >= 4 is 23.2 Å². The summed E-state index contributed by atoms with van der Waals surface area (Å²) in [7, 11) is 0. The van der Waals surface area contributed by atoms with Crippen molar-refractivity contribution in [3.8, 4) is 0 Å². The molecule has 2 aromatic carbocycles. The largest absolute Gasteiger partial charge is 0.343 e. The third kappa shape index (κ3) is 4.95. The minimum absolute atomic E-state index is 0.240. The molecule has 138 valence electrons. The zero-order valence-electron chi connectivity index (χ0n) is 14.1. The second-order valence-electron chi connectivity index (χ2n) is 5.60. The van der Waals surface area contributed by atoms with Crippen LogP contribution in [0.2, 0.25) is 0 Å². The summed E-state index contributed by atoms with van der Waals surface area (Å²) in [5.41, 5.74) is 0.726. The van der Waals surface area contributed by atoms with E-state index in [0.29, 0.717) is 10.4 Å². The molecule has 0 aliphatic carbocycles. The molecule has 1 heterocycles. The summed E-state index contributed by atoms with van der Waals surface area (Å²) in [6.45, 7) is -0.0575. The number of aromatic nitrogens is 1. The number of carbonyl (C=O) groups is 2. The molecule has 8 heteroatoms. The van der Waals surface area contributed by atoms with Gasteiger partial charge in [0, 0.05) is 22.7 Å². The Hall–Kier alpha value is -3.13. The van der Waals surface area contributed by atoms with Crippen molar-refractivity contribution in [3.05, 3.63) is 87.7 Å². The fourth-order valence-electron chi connectivity index (χ4n) is 2.32. The van der Waals surface area contributed by atoms with Gasteiger partial charge >= 0.3 is 0 Å². The fraction of sp³-hybridized carbons (Fsp3) is 0.105. The Balaban J connectivity index is 1.66. The van der Waals surface area contributed by atoms with Gasteiger partial charge in [0.1, 0.15) is 11.6 Å². The van der Waals surface area contributed by atoms with E-state index in [2.05, 4.69) is 10.3 Å². The van der Waals surface area contributed by atoms with Crippen molar-refractivity contribution in [3.63, 3.8) is 0 Å². The van der Waals surface area contributed by atoms with E-state index in [1.807, 2.05) is 0 Å². The molecule has 0 saturated carbocycles. The lowest BCUT2D eigenvalue weighted by atomic mass is 10.2. The van der Waals surface area contributed by atoms with E-state index in [9.17, 15) is 18.4 Å². The fourth-order valence-corrected chi connectivity index (χ4v) is 3.07. The monoisotopic (exact) mass is 387 g/mol. The van der Waals surface area contributed by atoms with E-state index in [0.717, 1.165) is 0 Å². The van der Waals surface area contributed by atoms with Gasteiger partial charge in [-0.3, -0.25) is 9.59 Å². The normalized spacial score (nSPS) is 11.4. The summed E-state index contributed by atoms with van der Waals surface area (Å²) in [5, 5.41) is 4.18. The molecule has 0 aliphatic heterocycles. The van der Waals surface area contributed by atoms with Crippen LogP contribution in [0, 0.1) is 11.6 Å². The molecule has 27 heavy (non-hydrogen) atoms. The number of hydrogen-bond donors (Lipinski definition) is 1. The summed E-state index contributed by atoms with van der Waals surface area (Å²) in [5.74, 6) is -1.83. The third-order valence-corrected chi connectivity index (χ3v) is 4.48. The lowest BCUT2D eigenvalue weighted by molar-refractivity contribution is -0.117. The summed E-state index contributed by atoms with van der Waals surface area (Å²) in [6.07, 6.45) is 1.71. The Morgan fingerprint density at radius 2 is 1.81 bits per heavy atom. The standard InChI is InChI=1S/C19H15F2N3O2S/c20-15-7-5-13(6-8-15)18(26)22-11-17(25)23-19-24(9-10-27-19)12-14-3-1-2-4-16(14)21/h1-10H,11-12H2,(H,22,26). The van der Waals surface area contributed by atoms with Gasteiger partial charge in [-0.1, -0.05) is 18.2 Å². The molecule has 0 aliphatic rings. The predicted molar refractivity (Wildman–Crippen MR) is 97.1 cm³/mol. The van der Waals surface area contributed by atoms with Crippen molar-refractivity contribution in [2.45, 2.75) is 6.54 Å². The van der Waals surface area contributed by atoms with E-state index >= 15 is 0 Å². The molecule has 0 atom stereocenters. The number of benzene rings is 2. The zero-order chi connectivity index (χ0) is 19.2. The Morgan fingerprint density at radius 3 is 2.56 bits per heavy atom. The zero-order valence-corrected chi connectivity index (χ0v) is 14.9. The molecule has 3 aromatic rings. The minimum atomic E-state index is -0.546. The van der Waals surface area contributed by atoms with Gasteiger partial charge in [-0.05, 0) is 30.3 Å². The van der Waals surface area contributed by atoms with Crippen LogP contribution in [-0.4, -0.2) is 22.9 Å². The summed E-state index contributed by atoms with van der Waals surface area (Å²) in [6, 6.07) is 11.4. The van der Waals surface area contributed by atoms with Gasteiger partial charge in [-0.15, -0.1) is 11.3 Å². The van der Waals surface area contributed by atoms with E-state index in [4.69, 9.17) is 0 Å². The van der Waals surface area contributed by atoms with Gasteiger partial charge in [0.2, 0.25) is 0 Å². The summed E-state index contributed by atoms with van der Waals surface area (Å²) < 4.78 is 28.3. The summed E-state index contributed by atoms with van der Waals surface area (Å²) in [4.78, 5) is 28.4. The second-order valence-corrected chi connectivity index (χ2v) is 6.47. The number of halogens is 2. The molecular formula is C19H15F2N3O2S. The van der Waals surface area contributed by atoms with Crippen molar-refractivity contribution in [1.82, 2.24) is 9.88 Å². The lowest BCUT2D eigenvalue weighted by Gasteiger charge is -2.05. The van der Waals surface area contributed by atoms with Crippen molar-refractivity contribution in [2.24, 2.45) is 4.99 Å². The van der Waals surface area contributed by atoms with Crippen LogP contribution in [0.5, 0.6) is 0 Å². The topological polar surface area (TPSA) is 63.5 Å². The van der Waals surface area contributed by atoms with E-state index < -0.39 is 17.6 Å². The molecule has 1 aromatic heterocycles. The average Bonchev–Trinajstić information content (AvgIpc) is 3.09. The minimum Gasteiger partial charge on any atom is -0.343 e. The van der Waals surface area contributed by atoms with Crippen LogP contribution in [-0.2, 0) is 11.3 Å². The Bertz CT molecular complexity index is 1030. The number of hydrogen-bond acceptors (Lipinski definition) is 3. The van der Waals surface area contributed by atoms with Gasteiger partial charge < -0.3 is 9.88 Å².